The molecule has 1 aromatic heterocycles. The maximum Gasteiger partial charge on any atom is 0.0992 e. The number of pyridine rings is 1. The van der Waals surface area contributed by atoms with Crippen LogP contribution in [-0.2, 0) is 0 Å². The van der Waals surface area contributed by atoms with Crippen LogP contribution in [0.1, 0.15) is 24.1 Å². The van der Waals surface area contributed by atoms with Gasteiger partial charge in [-0.1, -0.05) is 0 Å². The van der Waals surface area contributed by atoms with Crippen molar-refractivity contribution in [3.05, 3.63) is 53.9 Å². The molecule has 0 spiro atoms. The van der Waals surface area contributed by atoms with Crippen LogP contribution in [0.2, 0.25) is 0 Å². The first-order chi connectivity index (χ1) is 8.70. The molecular weight excluding hydrogens is 224 g/mol. The van der Waals surface area contributed by atoms with Gasteiger partial charge < -0.3 is 11.1 Å². The van der Waals surface area contributed by atoms with Crippen molar-refractivity contribution >= 4 is 11.4 Å². The van der Waals surface area contributed by atoms with Crippen molar-refractivity contribution in [2.45, 2.75) is 13.0 Å². The Balaban J connectivity index is 2.18. The minimum atomic E-state index is 0.128. The number of hydrogen-bond donors (Lipinski definition) is 2. The molecule has 0 amide bonds. The van der Waals surface area contributed by atoms with Crippen molar-refractivity contribution in [3.63, 3.8) is 0 Å². The molecule has 4 heteroatoms. The summed E-state index contributed by atoms with van der Waals surface area (Å²) in [6.45, 7) is 2.05. The number of benzene rings is 1. The number of nitrogens with two attached hydrogens (primary N) is 1. The van der Waals surface area contributed by atoms with Gasteiger partial charge >= 0.3 is 0 Å². The molecule has 0 fully saturated rings. The number of anilines is 2. The molecule has 2 rings (SSSR count). The molecule has 2 aromatic rings. The van der Waals surface area contributed by atoms with E-state index < -0.39 is 0 Å². The Morgan fingerprint density at radius 3 is 2.61 bits per heavy atom. The van der Waals surface area contributed by atoms with Crippen molar-refractivity contribution in [2.75, 3.05) is 11.1 Å². The zero-order chi connectivity index (χ0) is 13.0. The van der Waals surface area contributed by atoms with E-state index in [1.165, 1.54) is 0 Å². The van der Waals surface area contributed by atoms with E-state index in [1.807, 2.05) is 25.1 Å². The molecule has 0 aliphatic heterocycles. The molecule has 18 heavy (non-hydrogen) atoms. The number of nitrogen functional groups attached to an aromatic ring is 1. The smallest absolute Gasteiger partial charge is 0.0992 e. The zero-order valence-corrected chi connectivity index (χ0v) is 10.1. The van der Waals surface area contributed by atoms with Crippen LogP contribution in [0, 0.1) is 11.3 Å². The van der Waals surface area contributed by atoms with Gasteiger partial charge in [0, 0.05) is 18.4 Å². The highest BCUT2D eigenvalue weighted by molar-refractivity contribution is 5.68. The lowest BCUT2D eigenvalue weighted by atomic mass is 10.1. The van der Waals surface area contributed by atoms with E-state index in [4.69, 9.17) is 11.0 Å². The Hall–Kier alpha value is -2.54. The SMILES string of the molecule is CC(Nc1ccc(C#N)cc1N)c1ccncc1. The van der Waals surface area contributed by atoms with Gasteiger partial charge in [0.05, 0.1) is 23.0 Å². The zero-order valence-electron chi connectivity index (χ0n) is 10.1. The Morgan fingerprint density at radius 2 is 2.00 bits per heavy atom. The third kappa shape index (κ3) is 2.58. The first kappa shape index (κ1) is 11.9. The van der Waals surface area contributed by atoms with E-state index in [2.05, 4.69) is 16.4 Å². The molecule has 0 radical (unpaired) electrons. The Labute approximate surface area is 106 Å². The fourth-order valence-corrected chi connectivity index (χ4v) is 1.73. The summed E-state index contributed by atoms with van der Waals surface area (Å²) in [5.41, 5.74) is 9.01. The van der Waals surface area contributed by atoms with Crippen molar-refractivity contribution in [1.82, 2.24) is 4.98 Å². The van der Waals surface area contributed by atoms with Gasteiger partial charge in [0.25, 0.3) is 0 Å². The van der Waals surface area contributed by atoms with Crippen LogP contribution in [-0.4, -0.2) is 4.98 Å². The molecule has 3 N–H and O–H groups in total. The summed E-state index contributed by atoms with van der Waals surface area (Å²) < 4.78 is 0. The maximum atomic E-state index is 8.78. The molecule has 0 saturated heterocycles. The van der Waals surface area contributed by atoms with Crippen molar-refractivity contribution in [3.8, 4) is 6.07 Å². The number of hydrogen-bond acceptors (Lipinski definition) is 4. The van der Waals surface area contributed by atoms with E-state index in [-0.39, 0.29) is 6.04 Å². The van der Waals surface area contributed by atoms with Gasteiger partial charge in [-0.05, 0) is 42.8 Å². The fourth-order valence-electron chi connectivity index (χ4n) is 1.73. The highest BCUT2D eigenvalue weighted by atomic mass is 14.9. The molecule has 1 atom stereocenters. The molecule has 90 valence electrons. The summed E-state index contributed by atoms with van der Waals surface area (Å²) in [5.74, 6) is 0. The number of nitriles is 1. The molecular formula is C14H14N4. The Bertz CT molecular complexity index is 572. The number of rotatable bonds is 3. The van der Waals surface area contributed by atoms with Crippen molar-refractivity contribution < 1.29 is 0 Å². The summed E-state index contributed by atoms with van der Waals surface area (Å²) in [4.78, 5) is 3.99. The predicted octanol–water partition coefficient (Wildman–Crippen LogP) is 2.71. The lowest BCUT2D eigenvalue weighted by Crippen LogP contribution is -2.08. The second-order valence-electron chi connectivity index (χ2n) is 4.06. The van der Waals surface area contributed by atoms with Crippen LogP contribution < -0.4 is 11.1 Å². The molecule has 0 saturated carbocycles. The van der Waals surface area contributed by atoms with Crippen LogP contribution in [0.25, 0.3) is 0 Å². The highest BCUT2D eigenvalue weighted by Gasteiger charge is 2.07. The van der Waals surface area contributed by atoms with Gasteiger partial charge in [-0.2, -0.15) is 5.26 Å². The topological polar surface area (TPSA) is 74.7 Å². The minimum absolute atomic E-state index is 0.128. The monoisotopic (exact) mass is 238 g/mol. The third-order valence-corrected chi connectivity index (χ3v) is 2.76. The van der Waals surface area contributed by atoms with Gasteiger partial charge in [0.1, 0.15) is 0 Å². The maximum absolute atomic E-state index is 8.78. The number of aromatic nitrogens is 1. The molecule has 4 nitrogen and oxygen atoms in total. The lowest BCUT2D eigenvalue weighted by Gasteiger charge is -2.17. The van der Waals surface area contributed by atoms with Crippen LogP contribution in [0.5, 0.6) is 0 Å². The molecule has 0 aliphatic rings. The van der Waals surface area contributed by atoms with E-state index >= 15 is 0 Å². The van der Waals surface area contributed by atoms with E-state index in [0.717, 1.165) is 11.3 Å². The molecule has 0 bridgehead atoms. The van der Waals surface area contributed by atoms with Crippen molar-refractivity contribution in [1.29, 1.82) is 5.26 Å². The molecule has 1 unspecified atom stereocenters. The van der Waals surface area contributed by atoms with Crippen LogP contribution in [0.15, 0.2) is 42.7 Å². The average molecular weight is 238 g/mol. The Morgan fingerprint density at radius 1 is 1.28 bits per heavy atom. The third-order valence-electron chi connectivity index (χ3n) is 2.76. The Kier molecular flexibility index (Phi) is 3.44. The second kappa shape index (κ2) is 5.19. The quantitative estimate of drug-likeness (QED) is 0.806. The second-order valence-corrected chi connectivity index (χ2v) is 4.06. The lowest BCUT2D eigenvalue weighted by molar-refractivity contribution is 0.881. The van der Waals surface area contributed by atoms with E-state index in [1.54, 1.807) is 24.5 Å². The van der Waals surface area contributed by atoms with Gasteiger partial charge in [-0.15, -0.1) is 0 Å². The largest absolute Gasteiger partial charge is 0.397 e. The van der Waals surface area contributed by atoms with Crippen LogP contribution in [0.4, 0.5) is 11.4 Å². The first-order valence-electron chi connectivity index (χ1n) is 5.67. The summed E-state index contributed by atoms with van der Waals surface area (Å²) in [6, 6.07) is 11.3. The standard InChI is InChI=1S/C14H14N4/c1-10(12-4-6-17-7-5-12)18-14-3-2-11(9-15)8-13(14)16/h2-8,10,18H,16H2,1H3. The molecule has 1 aromatic carbocycles. The normalized spacial score (nSPS) is 11.6. The summed E-state index contributed by atoms with van der Waals surface area (Å²) in [6.07, 6.45) is 3.52. The summed E-state index contributed by atoms with van der Waals surface area (Å²) in [7, 11) is 0. The van der Waals surface area contributed by atoms with E-state index in [9.17, 15) is 0 Å². The fraction of sp³-hybridized carbons (Fsp3) is 0.143. The van der Waals surface area contributed by atoms with Crippen LogP contribution in [0.3, 0.4) is 0 Å². The summed E-state index contributed by atoms with van der Waals surface area (Å²) >= 11 is 0. The molecule has 0 aliphatic carbocycles. The van der Waals surface area contributed by atoms with Gasteiger partial charge in [-0.3, -0.25) is 4.98 Å². The number of nitrogens with one attached hydrogen (secondary N) is 1. The first-order valence-corrected chi connectivity index (χ1v) is 5.67. The predicted molar refractivity (Wildman–Crippen MR) is 71.8 cm³/mol. The highest BCUT2D eigenvalue weighted by Crippen LogP contribution is 2.24. The molecule has 1 heterocycles. The minimum Gasteiger partial charge on any atom is -0.397 e. The van der Waals surface area contributed by atoms with Crippen LogP contribution >= 0.6 is 0 Å². The average Bonchev–Trinajstić information content (AvgIpc) is 2.42. The van der Waals surface area contributed by atoms with Gasteiger partial charge in [0.15, 0.2) is 0 Å². The number of nitrogens with zero attached hydrogens (tertiary/aromatic N) is 2. The van der Waals surface area contributed by atoms with Gasteiger partial charge in [0.2, 0.25) is 0 Å². The van der Waals surface area contributed by atoms with Crippen molar-refractivity contribution in [2.24, 2.45) is 0 Å². The van der Waals surface area contributed by atoms with E-state index in [0.29, 0.717) is 11.3 Å². The summed E-state index contributed by atoms with van der Waals surface area (Å²) in [5, 5.41) is 12.1. The van der Waals surface area contributed by atoms with Gasteiger partial charge in [-0.25, -0.2) is 0 Å².